The van der Waals surface area contributed by atoms with Gasteiger partial charge in [0.15, 0.2) is 0 Å². The predicted octanol–water partition coefficient (Wildman–Crippen LogP) is 2.61. The topological polar surface area (TPSA) is 102 Å². The molecule has 8 nitrogen and oxygen atoms in total. The van der Waals surface area contributed by atoms with Crippen molar-refractivity contribution in [3.05, 3.63) is 51.0 Å². The van der Waals surface area contributed by atoms with E-state index in [4.69, 9.17) is 0 Å². The van der Waals surface area contributed by atoms with Crippen LogP contribution in [0.4, 0.5) is 11.4 Å². The highest BCUT2D eigenvalue weighted by molar-refractivity contribution is 7.20. The zero-order valence-electron chi connectivity index (χ0n) is 12.4. The van der Waals surface area contributed by atoms with Crippen LogP contribution in [0.15, 0.2) is 30.3 Å². The van der Waals surface area contributed by atoms with E-state index in [0.717, 1.165) is 15.9 Å². The van der Waals surface area contributed by atoms with E-state index in [1.54, 1.807) is 22.9 Å². The molecule has 2 aromatic heterocycles. The van der Waals surface area contributed by atoms with Crippen molar-refractivity contribution in [3.63, 3.8) is 0 Å². The Morgan fingerprint density at radius 3 is 2.83 bits per heavy atom. The molecule has 0 aliphatic rings. The summed E-state index contributed by atoms with van der Waals surface area (Å²) in [6.45, 7) is 1.88. The van der Waals surface area contributed by atoms with Gasteiger partial charge in [-0.05, 0) is 19.1 Å². The number of nitro benzene ring substituents is 1. The van der Waals surface area contributed by atoms with Gasteiger partial charge in [-0.3, -0.25) is 30.4 Å². The summed E-state index contributed by atoms with van der Waals surface area (Å²) in [6.07, 6.45) is 0. The first-order chi connectivity index (χ1) is 11.0. The molecule has 0 spiro atoms. The van der Waals surface area contributed by atoms with Gasteiger partial charge >= 0.3 is 0 Å². The zero-order valence-corrected chi connectivity index (χ0v) is 13.2. The van der Waals surface area contributed by atoms with Crippen molar-refractivity contribution < 1.29 is 9.72 Å². The van der Waals surface area contributed by atoms with Crippen LogP contribution in [-0.2, 0) is 7.05 Å². The third kappa shape index (κ3) is 2.73. The van der Waals surface area contributed by atoms with E-state index < -0.39 is 4.92 Å². The number of thiophene rings is 1. The number of nitrogens with one attached hydrogen (secondary N) is 2. The molecule has 1 aromatic carbocycles. The van der Waals surface area contributed by atoms with E-state index in [1.165, 1.54) is 23.5 Å². The number of nitrogens with zero attached hydrogens (tertiary/aromatic N) is 3. The summed E-state index contributed by atoms with van der Waals surface area (Å²) >= 11 is 1.31. The summed E-state index contributed by atoms with van der Waals surface area (Å²) in [5.74, 6) is -0.358. The minimum atomic E-state index is -0.511. The largest absolute Gasteiger partial charge is 0.294 e. The number of hydrogen-bond acceptors (Lipinski definition) is 6. The lowest BCUT2D eigenvalue weighted by Crippen LogP contribution is -2.29. The molecule has 0 bridgehead atoms. The van der Waals surface area contributed by atoms with E-state index in [-0.39, 0.29) is 17.3 Å². The zero-order chi connectivity index (χ0) is 16.6. The maximum Gasteiger partial charge on any atom is 0.294 e. The van der Waals surface area contributed by atoms with Gasteiger partial charge in [-0.15, -0.1) is 11.3 Å². The number of carbonyl (C=O) groups excluding carboxylic acids is 1. The maximum atomic E-state index is 12.2. The lowest BCUT2D eigenvalue weighted by molar-refractivity contribution is -0.384. The van der Waals surface area contributed by atoms with Gasteiger partial charge in [-0.1, -0.05) is 12.1 Å². The molecule has 0 unspecified atom stereocenters. The van der Waals surface area contributed by atoms with Crippen LogP contribution in [0.2, 0.25) is 0 Å². The van der Waals surface area contributed by atoms with Gasteiger partial charge in [-0.25, -0.2) is 0 Å². The minimum Gasteiger partial charge on any atom is -0.292 e. The number of amides is 1. The number of hydrogen-bond donors (Lipinski definition) is 2. The van der Waals surface area contributed by atoms with E-state index in [2.05, 4.69) is 16.0 Å². The van der Waals surface area contributed by atoms with Crippen molar-refractivity contribution in [1.29, 1.82) is 0 Å². The van der Waals surface area contributed by atoms with E-state index >= 15 is 0 Å². The van der Waals surface area contributed by atoms with Crippen molar-refractivity contribution >= 4 is 38.8 Å². The molecule has 0 aliphatic carbocycles. The number of fused-ring (bicyclic) bond motifs is 1. The summed E-state index contributed by atoms with van der Waals surface area (Å²) < 4.78 is 1.72. The van der Waals surface area contributed by atoms with Gasteiger partial charge in [0.05, 0.1) is 15.5 Å². The molecular weight excluding hydrogens is 318 g/mol. The Morgan fingerprint density at radius 2 is 2.13 bits per heavy atom. The highest BCUT2D eigenvalue weighted by atomic mass is 32.1. The highest BCUT2D eigenvalue weighted by Crippen LogP contribution is 2.28. The highest BCUT2D eigenvalue weighted by Gasteiger charge is 2.16. The lowest BCUT2D eigenvalue weighted by atomic mass is 10.3. The number of aromatic nitrogens is 2. The Labute approximate surface area is 134 Å². The van der Waals surface area contributed by atoms with Crippen molar-refractivity contribution in [1.82, 2.24) is 15.2 Å². The fraction of sp³-hybridized carbons (Fsp3) is 0.143. The lowest BCUT2D eigenvalue weighted by Gasteiger charge is -2.07. The third-order valence-corrected chi connectivity index (χ3v) is 4.53. The second-order valence-electron chi connectivity index (χ2n) is 4.89. The summed E-state index contributed by atoms with van der Waals surface area (Å²) in [5.41, 5.74) is 6.06. The fourth-order valence-corrected chi connectivity index (χ4v) is 3.26. The molecule has 118 valence electrons. The first-order valence-electron chi connectivity index (χ1n) is 6.70. The van der Waals surface area contributed by atoms with Crippen molar-refractivity contribution in [2.24, 2.45) is 7.05 Å². The number of para-hydroxylation sites is 2. The molecule has 0 fully saturated rings. The molecular formula is C14H13N5O3S. The Morgan fingerprint density at radius 1 is 1.39 bits per heavy atom. The standard InChI is InChI=1S/C14H13N5O3S/c1-8-9-7-12(23-14(9)18(2)17-8)13(20)16-15-10-5-3-4-6-11(10)19(21)22/h3-7,15H,1-2H3,(H,16,20). The van der Waals surface area contributed by atoms with Crippen LogP contribution in [0.5, 0.6) is 0 Å². The average Bonchev–Trinajstić information content (AvgIpc) is 3.07. The molecule has 0 radical (unpaired) electrons. The van der Waals surface area contributed by atoms with Crippen LogP contribution in [0.3, 0.4) is 0 Å². The van der Waals surface area contributed by atoms with Crippen LogP contribution >= 0.6 is 11.3 Å². The molecule has 1 amide bonds. The van der Waals surface area contributed by atoms with E-state index in [1.807, 2.05) is 14.0 Å². The second-order valence-corrected chi connectivity index (χ2v) is 5.92. The van der Waals surface area contributed by atoms with Gasteiger partial charge in [0.1, 0.15) is 10.5 Å². The first-order valence-corrected chi connectivity index (χ1v) is 7.52. The molecule has 23 heavy (non-hydrogen) atoms. The third-order valence-electron chi connectivity index (χ3n) is 3.33. The molecule has 0 saturated carbocycles. The van der Waals surface area contributed by atoms with E-state index in [9.17, 15) is 14.9 Å². The number of rotatable bonds is 4. The van der Waals surface area contributed by atoms with Crippen molar-refractivity contribution in [2.45, 2.75) is 6.92 Å². The number of carbonyl (C=O) groups is 1. The van der Waals surface area contributed by atoms with Crippen LogP contribution in [0.25, 0.3) is 10.2 Å². The van der Waals surface area contributed by atoms with Gasteiger partial charge in [0.2, 0.25) is 0 Å². The number of nitro groups is 1. The van der Waals surface area contributed by atoms with Crippen LogP contribution in [0.1, 0.15) is 15.4 Å². The quantitative estimate of drug-likeness (QED) is 0.565. The van der Waals surface area contributed by atoms with E-state index in [0.29, 0.717) is 4.88 Å². The van der Waals surface area contributed by atoms with Crippen LogP contribution in [-0.4, -0.2) is 20.6 Å². The number of benzene rings is 1. The summed E-state index contributed by atoms with van der Waals surface area (Å²) in [6, 6.07) is 7.86. The minimum absolute atomic E-state index is 0.107. The Kier molecular flexibility index (Phi) is 3.70. The summed E-state index contributed by atoms with van der Waals surface area (Å²) in [5, 5.41) is 16.1. The monoisotopic (exact) mass is 331 g/mol. The first kappa shape index (κ1) is 15.0. The Bertz CT molecular complexity index is 880. The Balaban J connectivity index is 1.79. The molecule has 0 aliphatic heterocycles. The summed E-state index contributed by atoms with van der Waals surface area (Å²) in [7, 11) is 1.82. The van der Waals surface area contributed by atoms with Crippen molar-refractivity contribution in [2.75, 3.05) is 5.43 Å². The van der Waals surface area contributed by atoms with Crippen LogP contribution < -0.4 is 10.9 Å². The predicted molar refractivity (Wildman–Crippen MR) is 87.5 cm³/mol. The Hall–Kier alpha value is -2.94. The average molecular weight is 331 g/mol. The second kappa shape index (κ2) is 5.69. The van der Waals surface area contributed by atoms with Crippen molar-refractivity contribution in [3.8, 4) is 0 Å². The fourth-order valence-electron chi connectivity index (χ4n) is 2.24. The molecule has 0 saturated heterocycles. The molecule has 9 heteroatoms. The van der Waals surface area contributed by atoms with Gasteiger partial charge in [-0.2, -0.15) is 5.10 Å². The van der Waals surface area contributed by atoms with Gasteiger partial charge in [0, 0.05) is 18.5 Å². The van der Waals surface area contributed by atoms with Crippen LogP contribution in [0, 0.1) is 17.0 Å². The van der Waals surface area contributed by atoms with Gasteiger partial charge in [0.25, 0.3) is 11.6 Å². The molecule has 2 N–H and O–H groups in total. The smallest absolute Gasteiger partial charge is 0.292 e. The van der Waals surface area contributed by atoms with Gasteiger partial charge < -0.3 is 0 Å². The molecule has 3 aromatic rings. The summed E-state index contributed by atoms with van der Waals surface area (Å²) in [4.78, 5) is 24.1. The maximum absolute atomic E-state index is 12.2. The number of hydrazine groups is 1. The molecule has 0 atom stereocenters. The normalized spacial score (nSPS) is 10.7. The molecule has 2 heterocycles. The molecule has 3 rings (SSSR count). The number of anilines is 1. The number of aryl methyl sites for hydroxylation is 2. The SMILES string of the molecule is Cc1nn(C)c2sc(C(=O)NNc3ccccc3[N+](=O)[O-])cc12.